The third-order valence-corrected chi connectivity index (χ3v) is 5.78. The molecule has 0 aromatic heterocycles. The fourth-order valence-electron chi connectivity index (χ4n) is 3.52. The Labute approximate surface area is 173 Å². The first-order valence-electron chi connectivity index (χ1n) is 9.26. The van der Waals surface area contributed by atoms with Crippen LogP contribution in [0.5, 0.6) is 11.5 Å². The molecule has 0 amide bonds. The van der Waals surface area contributed by atoms with E-state index in [1.807, 2.05) is 0 Å². The molecule has 1 aliphatic carbocycles. The number of hydrogen-bond donors (Lipinski definition) is 0. The highest BCUT2D eigenvalue weighted by atomic mass is 35.5. The monoisotopic (exact) mass is 416 g/mol. The highest BCUT2D eigenvalue weighted by Gasteiger charge is 2.29. The lowest BCUT2D eigenvalue weighted by Gasteiger charge is -2.19. The summed E-state index contributed by atoms with van der Waals surface area (Å²) in [6.07, 6.45) is 6.64. The summed E-state index contributed by atoms with van der Waals surface area (Å²) in [4.78, 5) is 24.9. The van der Waals surface area contributed by atoms with Crippen molar-refractivity contribution < 1.29 is 19.1 Å². The van der Waals surface area contributed by atoms with Crippen LogP contribution in [0.1, 0.15) is 48.0 Å². The molecule has 0 bridgehead atoms. The molecular formula is C22H18Cl2O4. The number of carbonyl (C=O) groups excluding carboxylic acids is 2. The van der Waals surface area contributed by atoms with Gasteiger partial charge in [-0.15, -0.1) is 0 Å². The van der Waals surface area contributed by atoms with Crippen LogP contribution in [0.3, 0.4) is 0 Å². The number of benzene rings is 2. The van der Waals surface area contributed by atoms with Crippen molar-refractivity contribution in [2.24, 2.45) is 5.92 Å². The number of ketones is 1. The Kier molecular flexibility index (Phi) is 5.42. The molecule has 0 spiro atoms. The third-order valence-electron chi connectivity index (χ3n) is 5.04. The number of esters is 1. The Hall–Kier alpha value is -2.30. The summed E-state index contributed by atoms with van der Waals surface area (Å²) in [6.45, 7) is 0. The fraction of sp³-hybridized carbons (Fsp3) is 0.273. The van der Waals surface area contributed by atoms with Crippen molar-refractivity contribution in [2.45, 2.75) is 32.1 Å². The molecule has 4 rings (SSSR count). The Morgan fingerprint density at radius 2 is 1.82 bits per heavy atom. The molecule has 1 saturated carbocycles. The first kappa shape index (κ1) is 19.0. The van der Waals surface area contributed by atoms with E-state index in [4.69, 9.17) is 32.7 Å². The van der Waals surface area contributed by atoms with Gasteiger partial charge in [0.2, 0.25) is 5.78 Å². The van der Waals surface area contributed by atoms with Crippen molar-refractivity contribution in [3.05, 3.63) is 63.3 Å². The maximum atomic E-state index is 12.6. The smallest absolute Gasteiger partial charge is 0.314 e. The van der Waals surface area contributed by atoms with Crippen LogP contribution in [0.4, 0.5) is 0 Å². The van der Waals surface area contributed by atoms with Crippen molar-refractivity contribution in [1.29, 1.82) is 0 Å². The summed E-state index contributed by atoms with van der Waals surface area (Å²) in [5.41, 5.74) is 1.14. The van der Waals surface area contributed by atoms with E-state index in [0.29, 0.717) is 32.7 Å². The van der Waals surface area contributed by atoms with E-state index in [2.05, 4.69) is 0 Å². The van der Waals surface area contributed by atoms with Crippen molar-refractivity contribution in [2.75, 3.05) is 0 Å². The third kappa shape index (κ3) is 3.94. The molecule has 2 aliphatic rings. The molecule has 6 heteroatoms. The standard InChI is InChI=1S/C22H18Cl2O4/c23-17-9-6-13(10-18(17)24)11-20-21(25)16-8-7-15(12-19(16)28-20)27-22(26)14-4-2-1-3-5-14/h6-12,14H,1-5H2. The van der Waals surface area contributed by atoms with Gasteiger partial charge in [-0.3, -0.25) is 9.59 Å². The average Bonchev–Trinajstić information content (AvgIpc) is 3.00. The second kappa shape index (κ2) is 7.98. The Morgan fingerprint density at radius 1 is 1.04 bits per heavy atom. The summed E-state index contributed by atoms with van der Waals surface area (Å²) in [5.74, 6) is 0.462. The van der Waals surface area contributed by atoms with E-state index in [1.54, 1.807) is 42.5 Å². The van der Waals surface area contributed by atoms with Gasteiger partial charge < -0.3 is 9.47 Å². The second-order valence-electron chi connectivity index (χ2n) is 7.03. The summed E-state index contributed by atoms with van der Waals surface area (Å²) in [5, 5.41) is 0.839. The minimum absolute atomic E-state index is 0.0466. The highest BCUT2D eigenvalue weighted by molar-refractivity contribution is 6.42. The number of hydrogen-bond acceptors (Lipinski definition) is 4. The largest absolute Gasteiger partial charge is 0.452 e. The lowest BCUT2D eigenvalue weighted by atomic mass is 9.89. The predicted molar refractivity (Wildman–Crippen MR) is 108 cm³/mol. The molecule has 144 valence electrons. The van der Waals surface area contributed by atoms with Crippen molar-refractivity contribution in [3.8, 4) is 11.5 Å². The van der Waals surface area contributed by atoms with Gasteiger partial charge >= 0.3 is 5.97 Å². The topological polar surface area (TPSA) is 52.6 Å². The fourth-order valence-corrected chi connectivity index (χ4v) is 3.83. The quantitative estimate of drug-likeness (QED) is 0.344. The highest BCUT2D eigenvalue weighted by Crippen LogP contribution is 2.36. The van der Waals surface area contributed by atoms with Crippen LogP contribution in [0, 0.1) is 5.92 Å². The first-order chi connectivity index (χ1) is 13.5. The van der Waals surface area contributed by atoms with Crippen LogP contribution in [0.15, 0.2) is 42.2 Å². The molecule has 1 aliphatic heterocycles. The molecule has 0 atom stereocenters. The van der Waals surface area contributed by atoms with E-state index >= 15 is 0 Å². The van der Waals surface area contributed by atoms with Crippen LogP contribution in [-0.4, -0.2) is 11.8 Å². The lowest BCUT2D eigenvalue weighted by Crippen LogP contribution is -2.22. The molecule has 4 nitrogen and oxygen atoms in total. The maximum absolute atomic E-state index is 12.6. The molecule has 2 aromatic carbocycles. The van der Waals surface area contributed by atoms with Crippen LogP contribution < -0.4 is 9.47 Å². The molecule has 0 radical (unpaired) electrons. The normalized spacial score (nSPS) is 18.1. The molecule has 0 saturated heterocycles. The van der Waals surface area contributed by atoms with Crippen LogP contribution in [0.25, 0.3) is 6.08 Å². The Bertz CT molecular complexity index is 974. The summed E-state index contributed by atoms with van der Waals surface area (Å²) in [7, 11) is 0. The molecule has 1 heterocycles. The second-order valence-corrected chi connectivity index (χ2v) is 7.84. The molecule has 1 fully saturated rings. The van der Waals surface area contributed by atoms with Crippen LogP contribution in [0.2, 0.25) is 10.0 Å². The first-order valence-corrected chi connectivity index (χ1v) is 10.0. The maximum Gasteiger partial charge on any atom is 0.314 e. The van der Waals surface area contributed by atoms with E-state index in [9.17, 15) is 9.59 Å². The summed E-state index contributed by atoms with van der Waals surface area (Å²) in [6, 6.07) is 9.90. The zero-order valence-electron chi connectivity index (χ0n) is 15.0. The van der Waals surface area contributed by atoms with Gasteiger partial charge in [0.05, 0.1) is 21.5 Å². The van der Waals surface area contributed by atoms with Gasteiger partial charge in [-0.2, -0.15) is 0 Å². The zero-order valence-corrected chi connectivity index (χ0v) is 16.6. The number of ether oxygens (including phenoxy) is 2. The summed E-state index contributed by atoms with van der Waals surface area (Å²) < 4.78 is 11.2. The van der Waals surface area contributed by atoms with Crippen LogP contribution in [-0.2, 0) is 4.79 Å². The lowest BCUT2D eigenvalue weighted by molar-refractivity contribution is -0.139. The molecule has 28 heavy (non-hydrogen) atoms. The van der Waals surface area contributed by atoms with Gasteiger partial charge in [-0.25, -0.2) is 0 Å². The number of fused-ring (bicyclic) bond motifs is 1. The Balaban J connectivity index is 1.51. The van der Waals surface area contributed by atoms with Crippen molar-refractivity contribution in [1.82, 2.24) is 0 Å². The number of allylic oxidation sites excluding steroid dienone is 1. The van der Waals surface area contributed by atoms with Gasteiger partial charge in [-0.1, -0.05) is 48.5 Å². The van der Waals surface area contributed by atoms with E-state index in [0.717, 1.165) is 25.7 Å². The van der Waals surface area contributed by atoms with Gasteiger partial charge in [0.1, 0.15) is 11.5 Å². The van der Waals surface area contributed by atoms with Gasteiger partial charge in [0.25, 0.3) is 0 Å². The number of carbonyl (C=O) groups is 2. The number of Topliss-reactive ketones (excluding diaryl/α,β-unsaturated/α-hetero) is 1. The van der Waals surface area contributed by atoms with Gasteiger partial charge in [-0.05, 0) is 48.7 Å². The Morgan fingerprint density at radius 3 is 2.57 bits per heavy atom. The van der Waals surface area contributed by atoms with E-state index < -0.39 is 0 Å². The SMILES string of the molecule is O=C1C(=Cc2ccc(Cl)c(Cl)c2)Oc2cc(OC(=O)C3CCCCC3)ccc21. The number of halogens is 2. The summed E-state index contributed by atoms with van der Waals surface area (Å²) >= 11 is 11.9. The zero-order chi connectivity index (χ0) is 19.7. The average molecular weight is 417 g/mol. The molecule has 0 N–H and O–H groups in total. The molecule has 0 unspecified atom stereocenters. The van der Waals surface area contributed by atoms with Gasteiger partial charge in [0.15, 0.2) is 5.76 Å². The minimum Gasteiger partial charge on any atom is -0.452 e. The molecular weight excluding hydrogens is 399 g/mol. The minimum atomic E-state index is -0.230. The van der Waals surface area contributed by atoms with E-state index in [-0.39, 0.29) is 23.4 Å². The van der Waals surface area contributed by atoms with Gasteiger partial charge in [0, 0.05) is 6.07 Å². The van der Waals surface area contributed by atoms with E-state index in [1.165, 1.54) is 6.42 Å². The number of rotatable bonds is 3. The van der Waals surface area contributed by atoms with Crippen LogP contribution >= 0.6 is 23.2 Å². The van der Waals surface area contributed by atoms with Crippen molar-refractivity contribution >= 4 is 41.0 Å². The van der Waals surface area contributed by atoms with Crippen molar-refractivity contribution in [3.63, 3.8) is 0 Å². The predicted octanol–water partition coefficient (Wildman–Crippen LogP) is 6.10. The molecule has 2 aromatic rings.